The van der Waals surface area contributed by atoms with E-state index in [2.05, 4.69) is 0 Å². The van der Waals surface area contributed by atoms with Crippen molar-refractivity contribution < 1.29 is 13.2 Å². The first-order valence-electron chi connectivity index (χ1n) is 8.04. The topological polar surface area (TPSA) is 49.9 Å². The monoisotopic (exact) mass is 302 g/mol. The summed E-state index contributed by atoms with van der Waals surface area (Å²) in [5.74, 6) is 0.585. The van der Waals surface area contributed by atoms with Crippen molar-refractivity contribution >= 4 is 10.2 Å². The summed E-state index contributed by atoms with van der Waals surface area (Å²) in [4.78, 5) is 0. The first kappa shape index (κ1) is 14.8. The fourth-order valence-corrected chi connectivity index (χ4v) is 5.85. The summed E-state index contributed by atoms with van der Waals surface area (Å²) in [7, 11) is -3.27. The minimum atomic E-state index is -3.27. The molecule has 0 aromatic carbocycles. The van der Waals surface area contributed by atoms with Crippen molar-refractivity contribution in [2.45, 2.75) is 51.0 Å². The Labute approximate surface area is 122 Å². The maximum absolute atomic E-state index is 12.8. The van der Waals surface area contributed by atoms with Crippen LogP contribution in [0.2, 0.25) is 0 Å². The van der Waals surface area contributed by atoms with Crippen LogP contribution < -0.4 is 0 Å². The van der Waals surface area contributed by atoms with Gasteiger partial charge in [0.05, 0.1) is 13.2 Å². The quantitative estimate of drug-likeness (QED) is 0.796. The molecule has 0 spiro atoms. The standard InChI is InChI=1S/C14H26N2O3S/c17-20(18,15-9-11-19-12-10-15)16-8-4-7-14(16)13-5-2-1-3-6-13/h13-14H,1-12H2/t14-/m1/s1. The van der Waals surface area contributed by atoms with E-state index in [0.29, 0.717) is 38.8 Å². The van der Waals surface area contributed by atoms with Crippen molar-refractivity contribution in [1.29, 1.82) is 0 Å². The molecule has 0 amide bonds. The summed E-state index contributed by atoms with van der Waals surface area (Å²) < 4.78 is 34.4. The van der Waals surface area contributed by atoms with Crippen molar-refractivity contribution in [2.24, 2.45) is 5.92 Å². The maximum atomic E-state index is 12.8. The summed E-state index contributed by atoms with van der Waals surface area (Å²) in [6.07, 6.45) is 8.34. The second kappa shape index (κ2) is 6.30. The van der Waals surface area contributed by atoms with Crippen LogP contribution in [0.5, 0.6) is 0 Å². The number of morpholine rings is 1. The SMILES string of the molecule is O=S(=O)(N1CCOCC1)N1CCC[C@@H]1C1CCCCC1. The molecule has 0 radical (unpaired) electrons. The van der Waals surface area contributed by atoms with Crippen LogP contribution in [-0.4, -0.2) is 55.9 Å². The molecule has 6 heteroatoms. The Hall–Kier alpha value is -0.170. The van der Waals surface area contributed by atoms with E-state index in [1.54, 1.807) is 4.31 Å². The zero-order valence-corrected chi connectivity index (χ0v) is 13.0. The van der Waals surface area contributed by atoms with Gasteiger partial charge >= 0.3 is 0 Å². The molecule has 3 fully saturated rings. The summed E-state index contributed by atoms with van der Waals surface area (Å²) in [6, 6.07) is 0.253. The number of hydrogen-bond donors (Lipinski definition) is 0. The molecule has 1 atom stereocenters. The third-order valence-electron chi connectivity index (χ3n) is 5.03. The van der Waals surface area contributed by atoms with Crippen molar-refractivity contribution in [3.8, 4) is 0 Å². The smallest absolute Gasteiger partial charge is 0.282 e. The lowest BCUT2D eigenvalue weighted by molar-refractivity contribution is 0.0689. The molecule has 20 heavy (non-hydrogen) atoms. The van der Waals surface area contributed by atoms with E-state index in [0.717, 1.165) is 12.8 Å². The number of rotatable bonds is 3. The molecule has 0 aromatic rings. The van der Waals surface area contributed by atoms with Gasteiger partial charge in [0.1, 0.15) is 0 Å². The van der Waals surface area contributed by atoms with E-state index in [9.17, 15) is 8.42 Å². The van der Waals surface area contributed by atoms with Gasteiger partial charge in [0.25, 0.3) is 10.2 Å². The zero-order valence-electron chi connectivity index (χ0n) is 12.2. The number of nitrogens with zero attached hydrogens (tertiary/aromatic N) is 2. The lowest BCUT2D eigenvalue weighted by Crippen LogP contribution is -2.51. The highest BCUT2D eigenvalue weighted by atomic mass is 32.2. The van der Waals surface area contributed by atoms with E-state index >= 15 is 0 Å². The van der Waals surface area contributed by atoms with E-state index in [4.69, 9.17) is 4.74 Å². The third-order valence-corrected chi connectivity index (χ3v) is 7.10. The van der Waals surface area contributed by atoms with Gasteiger partial charge in [-0.05, 0) is 31.6 Å². The molecule has 1 saturated carbocycles. The van der Waals surface area contributed by atoms with Gasteiger partial charge in [-0.2, -0.15) is 17.0 Å². The molecule has 5 nitrogen and oxygen atoms in total. The summed E-state index contributed by atoms with van der Waals surface area (Å²) in [5.41, 5.74) is 0. The minimum Gasteiger partial charge on any atom is -0.379 e. The lowest BCUT2D eigenvalue weighted by Gasteiger charge is -2.37. The van der Waals surface area contributed by atoms with Crippen LogP contribution in [0.3, 0.4) is 0 Å². The Morgan fingerprint density at radius 2 is 1.55 bits per heavy atom. The highest BCUT2D eigenvalue weighted by molar-refractivity contribution is 7.86. The number of ether oxygens (including phenoxy) is 1. The van der Waals surface area contributed by atoms with Crippen molar-refractivity contribution in [2.75, 3.05) is 32.8 Å². The van der Waals surface area contributed by atoms with Crippen LogP contribution in [0.15, 0.2) is 0 Å². The first-order valence-corrected chi connectivity index (χ1v) is 9.44. The average Bonchev–Trinajstić information content (AvgIpc) is 2.99. The molecular weight excluding hydrogens is 276 g/mol. The van der Waals surface area contributed by atoms with E-state index in [-0.39, 0.29) is 6.04 Å². The fourth-order valence-electron chi connectivity index (χ4n) is 3.97. The van der Waals surface area contributed by atoms with Gasteiger partial charge < -0.3 is 4.74 Å². The van der Waals surface area contributed by atoms with Crippen molar-refractivity contribution in [3.05, 3.63) is 0 Å². The van der Waals surface area contributed by atoms with Crippen LogP contribution in [0.25, 0.3) is 0 Å². The molecule has 1 aliphatic carbocycles. The molecule has 2 saturated heterocycles. The third kappa shape index (κ3) is 2.89. The summed E-state index contributed by atoms with van der Waals surface area (Å²) >= 11 is 0. The highest BCUT2D eigenvalue weighted by Crippen LogP contribution is 2.36. The molecule has 0 bridgehead atoms. The highest BCUT2D eigenvalue weighted by Gasteiger charge is 2.41. The summed E-state index contributed by atoms with van der Waals surface area (Å²) in [6.45, 7) is 2.79. The van der Waals surface area contributed by atoms with E-state index < -0.39 is 10.2 Å². The Kier molecular flexibility index (Phi) is 4.65. The predicted molar refractivity (Wildman–Crippen MR) is 77.6 cm³/mol. The zero-order chi connectivity index (χ0) is 14.0. The molecule has 2 aliphatic heterocycles. The van der Waals surface area contributed by atoms with Crippen molar-refractivity contribution in [3.63, 3.8) is 0 Å². The molecule has 2 heterocycles. The minimum absolute atomic E-state index is 0.253. The molecule has 0 N–H and O–H groups in total. The van der Waals surface area contributed by atoms with E-state index in [1.165, 1.54) is 32.1 Å². The van der Waals surface area contributed by atoms with Crippen molar-refractivity contribution in [1.82, 2.24) is 8.61 Å². The molecule has 0 aromatic heterocycles. The second-order valence-corrected chi connectivity index (χ2v) is 8.12. The van der Waals surface area contributed by atoms with Gasteiger partial charge in [-0.15, -0.1) is 0 Å². The molecule has 116 valence electrons. The van der Waals surface area contributed by atoms with Crippen LogP contribution in [0.4, 0.5) is 0 Å². The largest absolute Gasteiger partial charge is 0.379 e. The van der Waals surface area contributed by atoms with Gasteiger partial charge in [-0.3, -0.25) is 0 Å². The van der Waals surface area contributed by atoms with Crippen LogP contribution >= 0.6 is 0 Å². The first-order chi connectivity index (χ1) is 9.69. The second-order valence-electron chi connectivity index (χ2n) is 6.24. The Balaban J connectivity index is 1.73. The van der Waals surface area contributed by atoms with Gasteiger partial charge in [0.15, 0.2) is 0 Å². The predicted octanol–water partition coefficient (Wildman–Crippen LogP) is 1.61. The van der Waals surface area contributed by atoms with E-state index in [1.807, 2.05) is 4.31 Å². The molecule has 3 aliphatic rings. The molecule has 3 rings (SSSR count). The Bertz CT molecular complexity index is 414. The normalized spacial score (nSPS) is 31.7. The lowest BCUT2D eigenvalue weighted by atomic mass is 9.83. The fraction of sp³-hybridized carbons (Fsp3) is 1.00. The molecular formula is C14H26N2O3S. The Morgan fingerprint density at radius 1 is 0.850 bits per heavy atom. The Morgan fingerprint density at radius 3 is 2.25 bits per heavy atom. The van der Waals surface area contributed by atoms with Gasteiger partial charge in [-0.1, -0.05) is 19.3 Å². The van der Waals surface area contributed by atoms with Crippen LogP contribution in [0, 0.1) is 5.92 Å². The van der Waals surface area contributed by atoms with Crippen LogP contribution in [0.1, 0.15) is 44.9 Å². The van der Waals surface area contributed by atoms with Gasteiger partial charge in [0.2, 0.25) is 0 Å². The molecule has 0 unspecified atom stereocenters. The van der Waals surface area contributed by atoms with Gasteiger partial charge in [0, 0.05) is 25.7 Å². The van der Waals surface area contributed by atoms with Crippen LogP contribution in [-0.2, 0) is 14.9 Å². The van der Waals surface area contributed by atoms with Gasteiger partial charge in [-0.25, -0.2) is 0 Å². The average molecular weight is 302 g/mol. The summed E-state index contributed by atoms with van der Waals surface area (Å²) in [5, 5.41) is 0. The number of hydrogen-bond acceptors (Lipinski definition) is 3. The maximum Gasteiger partial charge on any atom is 0.282 e.